The number of nitrogens with zero attached hydrogens (tertiary/aromatic N) is 2. The summed E-state index contributed by atoms with van der Waals surface area (Å²) in [5.74, 6) is -0.280. The second-order valence-electron chi connectivity index (χ2n) is 8.15. The Bertz CT molecular complexity index is 1270. The molecule has 0 saturated carbocycles. The molecule has 0 radical (unpaired) electrons. The molecule has 1 aliphatic heterocycles. The first-order chi connectivity index (χ1) is 15.2. The van der Waals surface area contributed by atoms with Crippen LogP contribution in [-0.2, 0) is 21.2 Å². The monoisotopic (exact) mass is 468 g/mol. The molecule has 0 fully saturated rings. The minimum absolute atomic E-state index is 0.0516. The van der Waals surface area contributed by atoms with Crippen LogP contribution in [0.4, 0.5) is 11.4 Å². The van der Waals surface area contributed by atoms with Gasteiger partial charge < -0.3 is 4.90 Å². The van der Waals surface area contributed by atoms with Crippen molar-refractivity contribution in [1.82, 2.24) is 0 Å². The summed E-state index contributed by atoms with van der Waals surface area (Å²) >= 11 is 6.31. The van der Waals surface area contributed by atoms with Gasteiger partial charge in [0.1, 0.15) is 6.54 Å². The Morgan fingerprint density at radius 1 is 1.03 bits per heavy atom. The van der Waals surface area contributed by atoms with Gasteiger partial charge in [0, 0.05) is 16.8 Å². The van der Waals surface area contributed by atoms with Gasteiger partial charge in [-0.2, -0.15) is 0 Å². The van der Waals surface area contributed by atoms with E-state index in [1.807, 2.05) is 38.1 Å². The van der Waals surface area contributed by atoms with Crippen molar-refractivity contribution in [3.63, 3.8) is 0 Å². The molecule has 7 heteroatoms. The van der Waals surface area contributed by atoms with Gasteiger partial charge in [0.25, 0.3) is 10.0 Å². The van der Waals surface area contributed by atoms with E-state index in [0.29, 0.717) is 16.3 Å². The number of rotatable bonds is 5. The Morgan fingerprint density at radius 3 is 2.44 bits per heavy atom. The van der Waals surface area contributed by atoms with Gasteiger partial charge in [-0.05, 0) is 68.7 Å². The molecule has 0 aliphatic carbocycles. The number of para-hydroxylation sites is 1. The molecule has 5 nitrogen and oxygen atoms in total. The number of hydrogen-bond acceptors (Lipinski definition) is 3. The van der Waals surface area contributed by atoms with Gasteiger partial charge in [0.15, 0.2) is 0 Å². The van der Waals surface area contributed by atoms with E-state index < -0.39 is 10.0 Å². The molecule has 0 aromatic heterocycles. The molecule has 166 valence electrons. The van der Waals surface area contributed by atoms with Crippen LogP contribution in [0.25, 0.3) is 0 Å². The summed E-state index contributed by atoms with van der Waals surface area (Å²) in [6.07, 6.45) is 0.739. The molecule has 1 amide bonds. The highest BCUT2D eigenvalue weighted by Crippen LogP contribution is 2.34. The zero-order chi connectivity index (χ0) is 23.0. The highest BCUT2D eigenvalue weighted by Gasteiger charge is 2.35. The minimum atomic E-state index is -4.00. The number of sulfonamides is 1. The van der Waals surface area contributed by atoms with E-state index in [0.717, 1.165) is 23.2 Å². The predicted octanol–water partition coefficient (Wildman–Crippen LogP) is 5.13. The summed E-state index contributed by atoms with van der Waals surface area (Å²) in [4.78, 5) is 15.3. The molecule has 0 unspecified atom stereocenters. The van der Waals surface area contributed by atoms with E-state index in [4.69, 9.17) is 11.6 Å². The lowest BCUT2D eigenvalue weighted by Crippen LogP contribution is -2.45. The van der Waals surface area contributed by atoms with Crippen molar-refractivity contribution >= 4 is 38.9 Å². The highest BCUT2D eigenvalue weighted by molar-refractivity contribution is 7.92. The van der Waals surface area contributed by atoms with Crippen molar-refractivity contribution in [3.05, 3.63) is 88.4 Å². The average molecular weight is 469 g/mol. The average Bonchev–Trinajstić information content (AvgIpc) is 3.10. The molecule has 0 N–H and O–H groups in total. The molecule has 0 spiro atoms. The Balaban J connectivity index is 1.78. The third kappa shape index (κ3) is 4.00. The summed E-state index contributed by atoms with van der Waals surface area (Å²) in [5, 5.41) is 0.443. The fourth-order valence-electron chi connectivity index (χ4n) is 4.15. The van der Waals surface area contributed by atoms with Crippen molar-refractivity contribution in [2.45, 2.75) is 38.1 Å². The van der Waals surface area contributed by atoms with Crippen molar-refractivity contribution in [2.75, 3.05) is 15.7 Å². The molecule has 3 aromatic rings. The van der Waals surface area contributed by atoms with Crippen LogP contribution in [-0.4, -0.2) is 26.9 Å². The van der Waals surface area contributed by atoms with Crippen molar-refractivity contribution < 1.29 is 13.2 Å². The van der Waals surface area contributed by atoms with Gasteiger partial charge in [-0.25, -0.2) is 8.42 Å². The Morgan fingerprint density at radius 2 is 1.72 bits per heavy atom. The number of hydrogen-bond donors (Lipinski definition) is 0. The molecule has 1 heterocycles. The molecule has 1 atom stereocenters. The fraction of sp³-hybridized carbons (Fsp3) is 0.240. The molecular formula is C25H25ClN2O3S. The number of benzene rings is 3. The van der Waals surface area contributed by atoms with E-state index in [2.05, 4.69) is 0 Å². The van der Waals surface area contributed by atoms with Gasteiger partial charge in [0.2, 0.25) is 5.91 Å². The standard InChI is InChI=1S/C25H25ClN2O3S/c1-17-11-13-21(14-12-17)32(30,31)27(23-10-6-8-22(26)19(23)3)16-25(29)28-18(2)15-20-7-4-5-9-24(20)28/h4-14,18H,15-16H2,1-3H3/t18-/m1/s1. The third-order valence-corrected chi connectivity index (χ3v) is 8.06. The molecule has 32 heavy (non-hydrogen) atoms. The SMILES string of the molecule is Cc1ccc(S(=O)(=O)N(CC(=O)N2c3ccccc3C[C@H]2C)c2cccc(Cl)c2C)cc1. The highest BCUT2D eigenvalue weighted by atomic mass is 35.5. The zero-order valence-electron chi connectivity index (χ0n) is 18.2. The zero-order valence-corrected chi connectivity index (χ0v) is 19.8. The van der Waals surface area contributed by atoms with Crippen molar-refractivity contribution in [3.8, 4) is 0 Å². The summed E-state index contributed by atoms with van der Waals surface area (Å²) in [7, 11) is -4.00. The quantitative estimate of drug-likeness (QED) is 0.521. The number of carbonyl (C=O) groups excluding carboxylic acids is 1. The van der Waals surface area contributed by atoms with Gasteiger partial charge >= 0.3 is 0 Å². The second kappa shape index (κ2) is 8.60. The maximum absolute atomic E-state index is 13.7. The predicted molar refractivity (Wildman–Crippen MR) is 129 cm³/mol. The first-order valence-corrected chi connectivity index (χ1v) is 12.3. The smallest absolute Gasteiger partial charge is 0.264 e. The molecule has 4 rings (SSSR count). The van der Waals surface area contributed by atoms with Crippen molar-refractivity contribution in [2.24, 2.45) is 0 Å². The molecule has 1 aliphatic rings. The van der Waals surface area contributed by atoms with Crippen LogP contribution in [0.2, 0.25) is 5.02 Å². The van der Waals surface area contributed by atoms with E-state index in [-0.39, 0.29) is 23.4 Å². The van der Waals surface area contributed by atoms with Crippen LogP contribution in [0.15, 0.2) is 71.6 Å². The van der Waals surface area contributed by atoms with Gasteiger partial charge in [-0.3, -0.25) is 9.10 Å². The second-order valence-corrected chi connectivity index (χ2v) is 10.4. The lowest BCUT2D eigenvalue weighted by Gasteiger charge is -2.30. The maximum Gasteiger partial charge on any atom is 0.264 e. The minimum Gasteiger partial charge on any atom is -0.307 e. The lowest BCUT2D eigenvalue weighted by molar-refractivity contribution is -0.117. The third-order valence-electron chi connectivity index (χ3n) is 5.87. The van der Waals surface area contributed by atoms with Crippen LogP contribution in [0, 0.1) is 13.8 Å². The lowest BCUT2D eigenvalue weighted by atomic mass is 10.1. The fourth-order valence-corrected chi connectivity index (χ4v) is 5.79. The van der Waals surface area contributed by atoms with E-state index in [1.165, 1.54) is 4.31 Å². The maximum atomic E-state index is 13.7. The van der Waals surface area contributed by atoms with E-state index >= 15 is 0 Å². The van der Waals surface area contributed by atoms with Gasteiger partial charge in [-0.15, -0.1) is 0 Å². The number of halogens is 1. The summed E-state index contributed by atoms with van der Waals surface area (Å²) in [5.41, 5.74) is 3.87. The normalized spacial score (nSPS) is 15.5. The summed E-state index contributed by atoms with van der Waals surface area (Å²) in [6, 6.07) is 19.4. The first-order valence-electron chi connectivity index (χ1n) is 10.4. The summed E-state index contributed by atoms with van der Waals surface area (Å²) < 4.78 is 28.6. The number of amides is 1. The summed E-state index contributed by atoms with van der Waals surface area (Å²) in [6.45, 7) is 5.30. The Labute approximate surface area is 194 Å². The Hall–Kier alpha value is -2.83. The van der Waals surface area contributed by atoms with Crippen LogP contribution in [0.3, 0.4) is 0 Å². The number of fused-ring (bicyclic) bond motifs is 1. The van der Waals surface area contributed by atoms with Gasteiger partial charge in [0.05, 0.1) is 10.6 Å². The van der Waals surface area contributed by atoms with Crippen LogP contribution < -0.4 is 9.21 Å². The molecule has 0 saturated heterocycles. The first kappa shape index (κ1) is 22.4. The number of carbonyl (C=O) groups is 1. The van der Waals surface area contributed by atoms with Gasteiger partial charge in [-0.1, -0.05) is 53.6 Å². The van der Waals surface area contributed by atoms with Crippen LogP contribution >= 0.6 is 11.6 Å². The largest absolute Gasteiger partial charge is 0.307 e. The number of aryl methyl sites for hydroxylation is 1. The van der Waals surface area contributed by atoms with E-state index in [1.54, 1.807) is 54.3 Å². The molecule has 3 aromatic carbocycles. The molecular weight excluding hydrogens is 444 g/mol. The molecule has 0 bridgehead atoms. The van der Waals surface area contributed by atoms with Crippen LogP contribution in [0.5, 0.6) is 0 Å². The Kier molecular flexibility index (Phi) is 6.01. The van der Waals surface area contributed by atoms with Crippen LogP contribution in [0.1, 0.15) is 23.6 Å². The topological polar surface area (TPSA) is 57.7 Å². The van der Waals surface area contributed by atoms with E-state index in [9.17, 15) is 13.2 Å². The number of anilines is 2. The van der Waals surface area contributed by atoms with Crippen molar-refractivity contribution in [1.29, 1.82) is 0 Å².